The van der Waals surface area contributed by atoms with Gasteiger partial charge in [-0.3, -0.25) is 4.79 Å². The summed E-state index contributed by atoms with van der Waals surface area (Å²) in [4.78, 5) is 17.6. The molecule has 1 aliphatic rings. The van der Waals surface area contributed by atoms with E-state index in [9.17, 15) is 10.1 Å². The minimum Gasteiger partial charge on any atom is -0.325 e. The van der Waals surface area contributed by atoms with Crippen LogP contribution in [0, 0.1) is 24.2 Å². The zero-order valence-electron chi connectivity index (χ0n) is 16.4. The molecular weight excluding hydrogens is 390 g/mol. The zero-order chi connectivity index (χ0) is 20.3. The van der Waals surface area contributed by atoms with Gasteiger partial charge in [-0.05, 0) is 67.9 Å². The van der Waals surface area contributed by atoms with E-state index in [4.69, 9.17) is 16.6 Å². The number of aryl methyl sites for hydroxylation is 2. The predicted octanol–water partition coefficient (Wildman–Crippen LogP) is 5.55. The van der Waals surface area contributed by atoms with Crippen molar-refractivity contribution in [2.75, 3.05) is 5.32 Å². The Labute approximate surface area is 175 Å². The van der Waals surface area contributed by atoms with Crippen molar-refractivity contribution in [3.63, 3.8) is 0 Å². The van der Waals surface area contributed by atoms with E-state index in [0.717, 1.165) is 30.5 Å². The highest BCUT2D eigenvalue weighted by Crippen LogP contribution is 2.32. The average Bonchev–Trinajstić information content (AvgIpc) is 2.68. The Hall–Kier alpha value is -2.03. The molecule has 28 heavy (non-hydrogen) atoms. The zero-order valence-corrected chi connectivity index (χ0v) is 18.0. The molecule has 4 nitrogen and oxygen atoms in total. The van der Waals surface area contributed by atoms with E-state index in [1.54, 1.807) is 6.07 Å². The molecule has 0 saturated carbocycles. The van der Waals surface area contributed by atoms with Crippen LogP contribution in [0.1, 0.15) is 49.1 Å². The van der Waals surface area contributed by atoms with Gasteiger partial charge in [0.05, 0.1) is 10.8 Å². The Morgan fingerprint density at radius 2 is 2.25 bits per heavy atom. The second kappa shape index (κ2) is 8.98. The number of pyridine rings is 1. The molecule has 1 heterocycles. The lowest BCUT2D eigenvalue weighted by Crippen LogP contribution is -2.25. The maximum absolute atomic E-state index is 12.8. The molecule has 0 saturated heterocycles. The fourth-order valence-corrected chi connectivity index (χ4v) is 4.53. The number of nitrogens with zero attached hydrogens (tertiary/aromatic N) is 2. The summed E-state index contributed by atoms with van der Waals surface area (Å²) in [5.74, 6) is 0.513. The Bertz CT molecular complexity index is 938. The fraction of sp³-hybridized carbons (Fsp3) is 0.409. The van der Waals surface area contributed by atoms with Gasteiger partial charge in [0, 0.05) is 16.4 Å². The molecule has 146 valence electrons. The number of carbonyl (C=O) groups excluding carboxylic acids is 1. The second-order valence-electron chi connectivity index (χ2n) is 7.37. The van der Waals surface area contributed by atoms with Crippen molar-refractivity contribution < 1.29 is 4.79 Å². The van der Waals surface area contributed by atoms with Gasteiger partial charge < -0.3 is 5.32 Å². The molecule has 0 radical (unpaired) electrons. The predicted molar refractivity (Wildman–Crippen MR) is 115 cm³/mol. The van der Waals surface area contributed by atoms with Gasteiger partial charge in [-0.15, -0.1) is 0 Å². The quantitative estimate of drug-likeness (QED) is 0.652. The van der Waals surface area contributed by atoms with Gasteiger partial charge in [-0.1, -0.05) is 43.3 Å². The smallest absolute Gasteiger partial charge is 0.237 e. The summed E-state index contributed by atoms with van der Waals surface area (Å²) in [6.45, 7) is 6.11. The number of fused-ring (bicyclic) bond motifs is 1. The van der Waals surface area contributed by atoms with Crippen molar-refractivity contribution >= 4 is 35.0 Å². The number of amides is 1. The lowest BCUT2D eigenvalue weighted by molar-refractivity contribution is -0.115. The van der Waals surface area contributed by atoms with Gasteiger partial charge >= 0.3 is 0 Å². The van der Waals surface area contributed by atoms with Gasteiger partial charge in [-0.2, -0.15) is 5.26 Å². The molecular formula is C22H24ClN3OS. The molecule has 2 unspecified atom stereocenters. The summed E-state index contributed by atoms with van der Waals surface area (Å²) in [7, 11) is 0. The SMILES string of the molecule is CCC(Sc1nc2c(cc1C#N)CC(C)CC2)C(=O)Nc1ccc(C)c(Cl)c1. The summed E-state index contributed by atoms with van der Waals surface area (Å²) in [5.41, 5.74) is 4.44. The van der Waals surface area contributed by atoms with E-state index >= 15 is 0 Å². The van der Waals surface area contributed by atoms with Crippen LogP contribution in [-0.4, -0.2) is 16.1 Å². The van der Waals surface area contributed by atoms with Crippen molar-refractivity contribution in [1.29, 1.82) is 5.26 Å². The van der Waals surface area contributed by atoms with E-state index < -0.39 is 0 Å². The fourth-order valence-electron chi connectivity index (χ4n) is 3.35. The van der Waals surface area contributed by atoms with E-state index in [0.29, 0.717) is 33.6 Å². The van der Waals surface area contributed by atoms with Crippen molar-refractivity contribution in [2.24, 2.45) is 5.92 Å². The first-order valence-corrected chi connectivity index (χ1v) is 10.8. The minimum absolute atomic E-state index is 0.107. The van der Waals surface area contributed by atoms with E-state index in [2.05, 4.69) is 18.3 Å². The lowest BCUT2D eigenvalue weighted by atomic mass is 9.87. The van der Waals surface area contributed by atoms with Crippen LogP contribution >= 0.6 is 23.4 Å². The summed E-state index contributed by atoms with van der Waals surface area (Å²) in [5, 5.41) is 13.5. The Morgan fingerprint density at radius 3 is 2.93 bits per heavy atom. The number of hydrogen-bond acceptors (Lipinski definition) is 4. The molecule has 1 aromatic heterocycles. The Morgan fingerprint density at radius 1 is 1.46 bits per heavy atom. The first-order chi connectivity index (χ1) is 13.4. The molecule has 2 atom stereocenters. The normalized spacial score (nSPS) is 16.8. The highest BCUT2D eigenvalue weighted by Gasteiger charge is 2.24. The van der Waals surface area contributed by atoms with E-state index in [-0.39, 0.29) is 11.2 Å². The summed E-state index contributed by atoms with van der Waals surface area (Å²) >= 11 is 7.52. The molecule has 0 aliphatic heterocycles. The third-order valence-electron chi connectivity index (χ3n) is 5.08. The third-order valence-corrected chi connectivity index (χ3v) is 6.85. The number of thioether (sulfide) groups is 1. The van der Waals surface area contributed by atoms with Crippen LogP contribution in [-0.2, 0) is 17.6 Å². The van der Waals surface area contributed by atoms with E-state index in [1.807, 2.05) is 32.0 Å². The summed E-state index contributed by atoms with van der Waals surface area (Å²) < 4.78 is 0. The number of aromatic nitrogens is 1. The van der Waals surface area contributed by atoms with Gasteiger partial charge in [0.25, 0.3) is 0 Å². The highest BCUT2D eigenvalue weighted by molar-refractivity contribution is 8.00. The monoisotopic (exact) mass is 413 g/mol. The molecule has 6 heteroatoms. The average molecular weight is 414 g/mol. The van der Waals surface area contributed by atoms with Gasteiger partial charge in [0.1, 0.15) is 11.1 Å². The van der Waals surface area contributed by atoms with Crippen LogP contribution in [0.3, 0.4) is 0 Å². The van der Waals surface area contributed by atoms with Crippen molar-refractivity contribution in [3.05, 3.63) is 51.7 Å². The van der Waals surface area contributed by atoms with Crippen LogP contribution in [0.15, 0.2) is 29.3 Å². The first kappa shape index (κ1) is 20.7. The van der Waals surface area contributed by atoms with Crippen LogP contribution in [0.5, 0.6) is 0 Å². The number of nitriles is 1. The molecule has 0 spiro atoms. The summed E-state index contributed by atoms with van der Waals surface area (Å²) in [6.07, 6.45) is 3.65. The van der Waals surface area contributed by atoms with Crippen molar-refractivity contribution in [3.8, 4) is 6.07 Å². The molecule has 1 aliphatic carbocycles. The molecule has 0 bridgehead atoms. The first-order valence-electron chi connectivity index (χ1n) is 9.57. The number of nitrogens with one attached hydrogen (secondary N) is 1. The maximum Gasteiger partial charge on any atom is 0.237 e. The molecule has 0 fully saturated rings. The van der Waals surface area contributed by atoms with Gasteiger partial charge in [0.2, 0.25) is 5.91 Å². The molecule has 3 rings (SSSR count). The van der Waals surface area contributed by atoms with Gasteiger partial charge in [0.15, 0.2) is 0 Å². The van der Waals surface area contributed by atoms with Crippen LogP contribution in [0.4, 0.5) is 5.69 Å². The van der Waals surface area contributed by atoms with Gasteiger partial charge in [-0.25, -0.2) is 4.98 Å². The standard InChI is InChI=1S/C22H24ClN3OS/c1-4-20(21(27)25-17-7-6-14(3)18(23)11-17)28-22-16(12-24)10-15-9-13(2)5-8-19(15)26-22/h6-7,10-11,13,20H,4-5,8-9H2,1-3H3,(H,25,27). The van der Waals surface area contributed by atoms with Crippen molar-refractivity contribution in [1.82, 2.24) is 4.98 Å². The van der Waals surface area contributed by atoms with Crippen LogP contribution in [0.2, 0.25) is 5.02 Å². The lowest BCUT2D eigenvalue weighted by Gasteiger charge is -2.22. The molecule has 1 amide bonds. The molecule has 1 aromatic carbocycles. The minimum atomic E-state index is -0.333. The third kappa shape index (κ3) is 4.68. The number of hydrogen-bond donors (Lipinski definition) is 1. The Balaban J connectivity index is 1.79. The molecule has 1 N–H and O–H groups in total. The number of benzene rings is 1. The van der Waals surface area contributed by atoms with E-state index in [1.165, 1.54) is 17.3 Å². The number of halogens is 1. The largest absolute Gasteiger partial charge is 0.325 e. The van der Waals surface area contributed by atoms with Crippen molar-refractivity contribution in [2.45, 2.75) is 56.7 Å². The summed E-state index contributed by atoms with van der Waals surface area (Å²) in [6, 6.07) is 9.70. The number of anilines is 1. The number of rotatable bonds is 5. The van der Waals surface area contributed by atoms with Crippen LogP contribution in [0.25, 0.3) is 0 Å². The Kier molecular flexibility index (Phi) is 6.64. The molecule has 2 aromatic rings. The topological polar surface area (TPSA) is 65.8 Å². The second-order valence-corrected chi connectivity index (χ2v) is 8.97. The number of carbonyl (C=O) groups is 1. The maximum atomic E-state index is 12.8. The van der Waals surface area contributed by atoms with Crippen LogP contribution < -0.4 is 5.32 Å². The highest BCUT2D eigenvalue weighted by atomic mass is 35.5.